The third kappa shape index (κ3) is 2.65. The van der Waals surface area contributed by atoms with E-state index in [0.717, 1.165) is 11.8 Å². The molecule has 1 aromatic carbocycles. The summed E-state index contributed by atoms with van der Waals surface area (Å²) in [6, 6.07) is 10.8. The average molecular weight is 217 g/mol. The molecule has 1 nitrogen and oxygen atoms in total. The highest BCUT2D eigenvalue weighted by atomic mass is 14.7. The van der Waals surface area contributed by atoms with Gasteiger partial charge in [-0.2, -0.15) is 0 Å². The third-order valence-corrected chi connectivity index (χ3v) is 3.91. The molecule has 0 saturated heterocycles. The van der Waals surface area contributed by atoms with E-state index in [9.17, 15) is 0 Å². The van der Waals surface area contributed by atoms with Crippen molar-refractivity contribution in [2.24, 2.45) is 23.5 Å². The van der Waals surface area contributed by atoms with Crippen molar-refractivity contribution >= 4 is 0 Å². The largest absolute Gasteiger partial charge is 0.324 e. The first-order chi connectivity index (χ1) is 7.66. The second-order valence-electron chi connectivity index (χ2n) is 5.61. The number of hydrogen-bond donors (Lipinski definition) is 1. The van der Waals surface area contributed by atoms with Crippen LogP contribution in [0.4, 0.5) is 0 Å². The maximum absolute atomic E-state index is 6.39. The SMILES string of the molecule is CC1CC(C)CC(C(N)c2ccccc2)C1. The number of hydrogen-bond acceptors (Lipinski definition) is 1. The fraction of sp³-hybridized carbons (Fsp3) is 0.600. The Bertz CT molecular complexity index is 309. The van der Waals surface area contributed by atoms with Crippen molar-refractivity contribution in [3.05, 3.63) is 35.9 Å². The van der Waals surface area contributed by atoms with Gasteiger partial charge in [0.15, 0.2) is 0 Å². The predicted octanol–water partition coefficient (Wildman–Crippen LogP) is 3.76. The summed E-state index contributed by atoms with van der Waals surface area (Å²) in [6.45, 7) is 4.72. The van der Waals surface area contributed by atoms with Crippen LogP contribution in [-0.4, -0.2) is 0 Å². The number of benzene rings is 1. The number of nitrogens with two attached hydrogens (primary N) is 1. The molecule has 0 spiro atoms. The van der Waals surface area contributed by atoms with E-state index in [2.05, 4.69) is 44.2 Å². The summed E-state index contributed by atoms with van der Waals surface area (Å²) in [7, 11) is 0. The fourth-order valence-corrected chi connectivity index (χ4v) is 3.25. The lowest BCUT2D eigenvalue weighted by atomic mass is 9.73. The molecule has 2 N–H and O–H groups in total. The topological polar surface area (TPSA) is 26.0 Å². The zero-order chi connectivity index (χ0) is 11.5. The number of rotatable bonds is 2. The lowest BCUT2D eigenvalue weighted by Gasteiger charge is -2.35. The first-order valence-corrected chi connectivity index (χ1v) is 6.47. The summed E-state index contributed by atoms with van der Waals surface area (Å²) >= 11 is 0. The van der Waals surface area contributed by atoms with Crippen LogP contribution >= 0.6 is 0 Å². The first kappa shape index (κ1) is 11.7. The normalized spacial score (nSPS) is 32.3. The van der Waals surface area contributed by atoms with Crippen LogP contribution in [0.25, 0.3) is 0 Å². The van der Waals surface area contributed by atoms with Crippen molar-refractivity contribution < 1.29 is 0 Å². The molecule has 3 atom stereocenters. The van der Waals surface area contributed by atoms with Gasteiger partial charge < -0.3 is 5.73 Å². The van der Waals surface area contributed by atoms with E-state index in [1.165, 1.54) is 24.8 Å². The summed E-state index contributed by atoms with van der Waals surface area (Å²) in [5, 5.41) is 0. The Morgan fingerprint density at radius 2 is 1.56 bits per heavy atom. The van der Waals surface area contributed by atoms with Gasteiger partial charge in [0.2, 0.25) is 0 Å². The Labute approximate surface area is 99.0 Å². The molecule has 0 heterocycles. The Balaban J connectivity index is 2.07. The van der Waals surface area contributed by atoms with Crippen LogP contribution in [-0.2, 0) is 0 Å². The standard InChI is InChI=1S/C15H23N/c1-11-8-12(2)10-14(9-11)15(16)13-6-4-3-5-7-13/h3-7,11-12,14-15H,8-10,16H2,1-2H3. The Morgan fingerprint density at radius 1 is 1.00 bits per heavy atom. The van der Waals surface area contributed by atoms with Gasteiger partial charge in [-0.15, -0.1) is 0 Å². The molecule has 1 saturated carbocycles. The molecule has 88 valence electrons. The van der Waals surface area contributed by atoms with Crippen molar-refractivity contribution in [2.45, 2.75) is 39.2 Å². The third-order valence-electron chi connectivity index (χ3n) is 3.91. The van der Waals surface area contributed by atoms with E-state index in [-0.39, 0.29) is 6.04 Å². The molecule has 1 heteroatoms. The van der Waals surface area contributed by atoms with Crippen LogP contribution in [0.15, 0.2) is 30.3 Å². The molecule has 16 heavy (non-hydrogen) atoms. The van der Waals surface area contributed by atoms with E-state index in [1.54, 1.807) is 0 Å². The summed E-state index contributed by atoms with van der Waals surface area (Å²) in [4.78, 5) is 0. The fourth-order valence-electron chi connectivity index (χ4n) is 3.25. The van der Waals surface area contributed by atoms with Crippen LogP contribution in [0, 0.1) is 17.8 Å². The highest BCUT2D eigenvalue weighted by Gasteiger charge is 2.28. The van der Waals surface area contributed by atoms with Crippen molar-refractivity contribution in [1.82, 2.24) is 0 Å². The Kier molecular flexibility index (Phi) is 3.65. The second kappa shape index (κ2) is 5.01. The van der Waals surface area contributed by atoms with Gasteiger partial charge in [-0.25, -0.2) is 0 Å². The van der Waals surface area contributed by atoms with E-state index >= 15 is 0 Å². The summed E-state index contributed by atoms with van der Waals surface area (Å²) in [6.07, 6.45) is 3.96. The molecule has 0 aromatic heterocycles. The van der Waals surface area contributed by atoms with E-state index in [0.29, 0.717) is 5.92 Å². The minimum atomic E-state index is 0.228. The second-order valence-corrected chi connectivity index (χ2v) is 5.61. The molecule has 2 rings (SSSR count). The van der Waals surface area contributed by atoms with E-state index in [4.69, 9.17) is 5.73 Å². The predicted molar refractivity (Wildman–Crippen MR) is 69.0 cm³/mol. The summed E-state index contributed by atoms with van der Waals surface area (Å²) < 4.78 is 0. The van der Waals surface area contributed by atoms with Crippen molar-refractivity contribution in [3.63, 3.8) is 0 Å². The van der Waals surface area contributed by atoms with Crippen molar-refractivity contribution in [2.75, 3.05) is 0 Å². The lowest BCUT2D eigenvalue weighted by molar-refractivity contribution is 0.193. The van der Waals surface area contributed by atoms with Crippen LogP contribution in [0.5, 0.6) is 0 Å². The average Bonchev–Trinajstić information content (AvgIpc) is 2.28. The van der Waals surface area contributed by atoms with Gasteiger partial charge in [-0.3, -0.25) is 0 Å². The Hall–Kier alpha value is -0.820. The molecule has 3 unspecified atom stereocenters. The summed E-state index contributed by atoms with van der Waals surface area (Å²) in [5.74, 6) is 2.34. The van der Waals surface area contributed by atoms with Crippen molar-refractivity contribution in [1.29, 1.82) is 0 Å². The van der Waals surface area contributed by atoms with Gasteiger partial charge in [0.05, 0.1) is 0 Å². The maximum Gasteiger partial charge on any atom is 0.0323 e. The molecular formula is C15H23N. The van der Waals surface area contributed by atoms with Crippen molar-refractivity contribution in [3.8, 4) is 0 Å². The molecule has 1 aliphatic rings. The maximum atomic E-state index is 6.39. The lowest BCUT2D eigenvalue weighted by Crippen LogP contribution is -2.29. The molecule has 0 radical (unpaired) electrons. The van der Waals surface area contributed by atoms with Gasteiger partial charge in [0.25, 0.3) is 0 Å². The zero-order valence-electron chi connectivity index (χ0n) is 10.4. The quantitative estimate of drug-likeness (QED) is 0.802. The molecule has 0 aliphatic heterocycles. The van der Waals surface area contributed by atoms with E-state index < -0.39 is 0 Å². The van der Waals surface area contributed by atoms with Gasteiger partial charge in [-0.1, -0.05) is 44.2 Å². The van der Waals surface area contributed by atoms with Gasteiger partial charge in [0, 0.05) is 6.04 Å². The Morgan fingerprint density at radius 3 is 2.12 bits per heavy atom. The molecule has 1 aliphatic carbocycles. The van der Waals surface area contributed by atoms with Crippen LogP contribution in [0.3, 0.4) is 0 Å². The summed E-state index contributed by atoms with van der Waals surface area (Å²) in [5.41, 5.74) is 7.69. The molecule has 1 aromatic rings. The smallest absolute Gasteiger partial charge is 0.0323 e. The van der Waals surface area contributed by atoms with Crippen LogP contribution in [0.1, 0.15) is 44.7 Å². The molecule has 1 fully saturated rings. The molecule has 0 amide bonds. The van der Waals surface area contributed by atoms with Gasteiger partial charge >= 0.3 is 0 Å². The highest BCUT2D eigenvalue weighted by molar-refractivity contribution is 5.19. The highest BCUT2D eigenvalue weighted by Crippen LogP contribution is 2.38. The zero-order valence-corrected chi connectivity index (χ0v) is 10.4. The molecular weight excluding hydrogens is 194 g/mol. The van der Waals surface area contributed by atoms with Gasteiger partial charge in [0.1, 0.15) is 0 Å². The van der Waals surface area contributed by atoms with Gasteiger partial charge in [-0.05, 0) is 42.6 Å². The monoisotopic (exact) mass is 217 g/mol. The first-order valence-electron chi connectivity index (χ1n) is 6.47. The van der Waals surface area contributed by atoms with Crippen LogP contribution < -0.4 is 5.73 Å². The minimum Gasteiger partial charge on any atom is -0.324 e. The van der Waals surface area contributed by atoms with E-state index in [1.807, 2.05) is 0 Å². The van der Waals surface area contributed by atoms with Crippen LogP contribution in [0.2, 0.25) is 0 Å². The minimum absolute atomic E-state index is 0.228. The molecule has 0 bridgehead atoms.